The number of hydrogen-bond acceptors (Lipinski definition) is 1. The first-order valence-corrected chi connectivity index (χ1v) is 6.68. The maximum Gasteiger partial charge on any atom is 0.0101 e. The van der Waals surface area contributed by atoms with Crippen molar-refractivity contribution in [3.63, 3.8) is 0 Å². The second-order valence-corrected chi connectivity index (χ2v) is 5.78. The van der Waals surface area contributed by atoms with Gasteiger partial charge in [0.05, 0.1) is 0 Å². The molecule has 3 saturated carbocycles. The molecule has 0 amide bonds. The van der Waals surface area contributed by atoms with E-state index in [0.29, 0.717) is 0 Å². The minimum Gasteiger partial charge on any atom is -0.311 e. The van der Waals surface area contributed by atoms with E-state index in [4.69, 9.17) is 0 Å². The van der Waals surface area contributed by atoms with E-state index in [-0.39, 0.29) is 0 Å². The van der Waals surface area contributed by atoms with Gasteiger partial charge >= 0.3 is 0 Å². The average Bonchev–Trinajstić information content (AvgIpc) is 2.81. The summed E-state index contributed by atoms with van der Waals surface area (Å²) in [6.45, 7) is 0. The molecule has 0 aromatic carbocycles. The Morgan fingerprint density at radius 2 is 1.64 bits per heavy atom. The van der Waals surface area contributed by atoms with Crippen molar-refractivity contribution < 1.29 is 0 Å². The van der Waals surface area contributed by atoms with Crippen molar-refractivity contribution in [2.75, 3.05) is 0 Å². The normalized spacial score (nSPS) is 43.3. The zero-order chi connectivity index (χ0) is 9.38. The van der Waals surface area contributed by atoms with E-state index >= 15 is 0 Å². The van der Waals surface area contributed by atoms with E-state index in [1.54, 1.807) is 6.42 Å². The highest BCUT2D eigenvalue weighted by molar-refractivity contribution is 4.95. The van der Waals surface area contributed by atoms with Crippen molar-refractivity contribution in [3.05, 3.63) is 0 Å². The van der Waals surface area contributed by atoms with Crippen LogP contribution >= 0.6 is 0 Å². The van der Waals surface area contributed by atoms with Crippen molar-refractivity contribution in [2.24, 2.45) is 11.8 Å². The molecular formula is C13H23N. The third-order valence-corrected chi connectivity index (χ3v) is 4.79. The van der Waals surface area contributed by atoms with Gasteiger partial charge in [0.15, 0.2) is 0 Å². The summed E-state index contributed by atoms with van der Waals surface area (Å²) in [6, 6.07) is 1.80. The summed E-state index contributed by atoms with van der Waals surface area (Å²) in [5.74, 6) is 2.16. The molecule has 3 aliphatic carbocycles. The molecule has 0 aromatic rings. The summed E-state index contributed by atoms with van der Waals surface area (Å²) >= 11 is 0. The van der Waals surface area contributed by atoms with Gasteiger partial charge in [0.1, 0.15) is 0 Å². The SMILES string of the molecule is C1CCC(NC2CC3CCC2C3)CC1. The monoisotopic (exact) mass is 193 g/mol. The molecule has 3 unspecified atom stereocenters. The van der Waals surface area contributed by atoms with E-state index in [9.17, 15) is 0 Å². The van der Waals surface area contributed by atoms with E-state index in [2.05, 4.69) is 5.32 Å². The molecule has 0 radical (unpaired) electrons. The largest absolute Gasteiger partial charge is 0.311 e. The molecule has 1 N–H and O–H groups in total. The molecule has 1 nitrogen and oxygen atoms in total. The van der Waals surface area contributed by atoms with Crippen LogP contribution < -0.4 is 5.32 Å². The van der Waals surface area contributed by atoms with Crippen molar-refractivity contribution in [3.8, 4) is 0 Å². The highest BCUT2D eigenvalue weighted by atomic mass is 15.0. The molecule has 0 aliphatic heterocycles. The Kier molecular flexibility index (Phi) is 2.53. The highest BCUT2D eigenvalue weighted by Crippen LogP contribution is 2.44. The Morgan fingerprint density at radius 1 is 0.786 bits per heavy atom. The minimum atomic E-state index is 0.882. The van der Waals surface area contributed by atoms with Gasteiger partial charge in [0, 0.05) is 12.1 Å². The molecular weight excluding hydrogens is 170 g/mol. The van der Waals surface area contributed by atoms with Crippen LogP contribution in [0.2, 0.25) is 0 Å². The van der Waals surface area contributed by atoms with Gasteiger partial charge in [0.25, 0.3) is 0 Å². The first-order chi connectivity index (χ1) is 6.92. The molecule has 80 valence electrons. The number of hydrogen-bond donors (Lipinski definition) is 1. The summed E-state index contributed by atoms with van der Waals surface area (Å²) in [6.07, 6.45) is 13.4. The van der Waals surface area contributed by atoms with E-state index < -0.39 is 0 Å². The van der Waals surface area contributed by atoms with Gasteiger partial charge in [-0.3, -0.25) is 0 Å². The fourth-order valence-electron chi connectivity index (χ4n) is 4.02. The van der Waals surface area contributed by atoms with Crippen molar-refractivity contribution in [1.82, 2.24) is 5.32 Å². The van der Waals surface area contributed by atoms with Crippen LogP contribution in [0, 0.1) is 11.8 Å². The van der Waals surface area contributed by atoms with Crippen LogP contribution in [0.4, 0.5) is 0 Å². The lowest BCUT2D eigenvalue weighted by atomic mass is 9.91. The first-order valence-electron chi connectivity index (χ1n) is 6.68. The predicted molar refractivity (Wildman–Crippen MR) is 59.2 cm³/mol. The third-order valence-electron chi connectivity index (χ3n) is 4.79. The van der Waals surface area contributed by atoms with Gasteiger partial charge in [-0.2, -0.15) is 0 Å². The molecule has 0 saturated heterocycles. The average molecular weight is 193 g/mol. The van der Waals surface area contributed by atoms with E-state index in [0.717, 1.165) is 23.9 Å². The fraction of sp³-hybridized carbons (Fsp3) is 1.00. The molecule has 1 heteroatoms. The predicted octanol–water partition coefficient (Wildman–Crippen LogP) is 3.10. The quantitative estimate of drug-likeness (QED) is 0.710. The van der Waals surface area contributed by atoms with E-state index in [1.165, 1.54) is 51.4 Å². The molecule has 0 heterocycles. The maximum absolute atomic E-state index is 3.95. The summed E-state index contributed by atoms with van der Waals surface area (Å²) in [7, 11) is 0. The molecule has 3 aliphatic rings. The van der Waals surface area contributed by atoms with Crippen molar-refractivity contribution in [2.45, 2.75) is 69.9 Å². The number of nitrogens with one attached hydrogen (secondary N) is 1. The lowest BCUT2D eigenvalue weighted by Crippen LogP contribution is -2.42. The van der Waals surface area contributed by atoms with Gasteiger partial charge in [0.2, 0.25) is 0 Å². The third kappa shape index (κ3) is 1.71. The second kappa shape index (κ2) is 3.84. The number of rotatable bonds is 2. The van der Waals surface area contributed by atoms with Crippen LogP contribution in [0.15, 0.2) is 0 Å². The standard InChI is InChI=1S/C13H23N/c1-2-4-12(5-3-1)14-13-9-10-6-7-11(13)8-10/h10-14H,1-9H2. The molecule has 2 bridgehead atoms. The Labute approximate surface area is 87.7 Å². The van der Waals surface area contributed by atoms with Crippen molar-refractivity contribution >= 4 is 0 Å². The molecule has 3 fully saturated rings. The van der Waals surface area contributed by atoms with Crippen LogP contribution in [-0.4, -0.2) is 12.1 Å². The molecule has 0 spiro atoms. The first kappa shape index (κ1) is 9.21. The van der Waals surface area contributed by atoms with Gasteiger partial charge in [-0.05, 0) is 43.9 Å². The maximum atomic E-state index is 3.95. The lowest BCUT2D eigenvalue weighted by Gasteiger charge is -2.30. The summed E-state index contributed by atoms with van der Waals surface area (Å²) in [5.41, 5.74) is 0. The van der Waals surface area contributed by atoms with Crippen LogP contribution in [-0.2, 0) is 0 Å². The summed E-state index contributed by atoms with van der Waals surface area (Å²) in [5, 5.41) is 3.95. The Hall–Kier alpha value is -0.0400. The Balaban J connectivity index is 1.52. The van der Waals surface area contributed by atoms with Crippen LogP contribution in [0.3, 0.4) is 0 Å². The summed E-state index contributed by atoms with van der Waals surface area (Å²) in [4.78, 5) is 0. The molecule has 0 aromatic heterocycles. The van der Waals surface area contributed by atoms with Gasteiger partial charge < -0.3 is 5.32 Å². The fourth-order valence-corrected chi connectivity index (χ4v) is 4.02. The van der Waals surface area contributed by atoms with E-state index in [1.807, 2.05) is 0 Å². The summed E-state index contributed by atoms with van der Waals surface area (Å²) < 4.78 is 0. The molecule has 14 heavy (non-hydrogen) atoms. The number of fused-ring (bicyclic) bond motifs is 2. The van der Waals surface area contributed by atoms with Crippen LogP contribution in [0.1, 0.15) is 57.8 Å². The Bertz CT molecular complexity index is 195. The second-order valence-electron chi connectivity index (χ2n) is 5.78. The molecule has 3 rings (SSSR count). The smallest absolute Gasteiger partial charge is 0.0101 e. The van der Waals surface area contributed by atoms with Crippen LogP contribution in [0.25, 0.3) is 0 Å². The zero-order valence-electron chi connectivity index (χ0n) is 9.17. The molecule has 3 atom stereocenters. The lowest BCUT2D eigenvalue weighted by molar-refractivity contribution is 0.278. The zero-order valence-corrected chi connectivity index (χ0v) is 9.17. The van der Waals surface area contributed by atoms with Crippen LogP contribution in [0.5, 0.6) is 0 Å². The Morgan fingerprint density at radius 3 is 2.29 bits per heavy atom. The van der Waals surface area contributed by atoms with Gasteiger partial charge in [-0.1, -0.05) is 25.7 Å². The highest BCUT2D eigenvalue weighted by Gasteiger charge is 2.39. The topological polar surface area (TPSA) is 12.0 Å². The van der Waals surface area contributed by atoms with Gasteiger partial charge in [-0.15, -0.1) is 0 Å². The minimum absolute atomic E-state index is 0.882. The van der Waals surface area contributed by atoms with Crippen molar-refractivity contribution in [1.29, 1.82) is 0 Å². The van der Waals surface area contributed by atoms with Gasteiger partial charge in [-0.25, -0.2) is 0 Å².